The first-order valence-corrected chi connectivity index (χ1v) is 7.03. The van der Waals surface area contributed by atoms with Crippen molar-refractivity contribution in [2.24, 2.45) is 0 Å². The number of hydrogen-bond donors (Lipinski definition) is 1. The van der Waals surface area contributed by atoms with Crippen LogP contribution in [-0.2, 0) is 6.54 Å². The van der Waals surface area contributed by atoms with Gasteiger partial charge in [0.2, 0.25) is 0 Å². The van der Waals surface area contributed by atoms with Crippen molar-refractivity contribution < 1.29 is 9.47 Å². The van der Waals surface area contributed by atoms with Crippen LogP contribution in [0.5, 0.6) is 11.5 Å². The fraction of sp³-hybridized carbons (Fsp3) is 0.250. The second-order valence-corrected chi connectivity index (χ2v) is 5.13. The van der Waals surface area contributed by atoms with E-state index < -0.39 is 0 Å². The molecule has 0 radical (unpaired) electrons. The molecule has 1 aliphatic heterocycles. The first-order valence-electron chi connectivity index (χ1n) is 6.65. The molecule has 20 heavy (non-hydrogen) atoms. The molecule has 104 valence electrons. The predicted octanol–water partition coefficient (Wildman–Crippen LogP) is 3.27. The highest BCUT2D eigenvalue weighted by Crippen LogP contribution is 2.30. The van der Waals surface area contributed by atoms with E-state index in [2.05, 4.69) is 5.32 Å². The Kier molecular flexibility index (Phi) is 4.09. The van der Waals surface area contributed by atoms with Gasteiger partial charge >= 0.3 is 0 Å². The van der Waals surface area contributed by atoms with Crippen molar-refractivity contribution in [1.29, 1.82) is 0 Å². The van der Waals surface area contributed by atoms with Crippen molar-refractivity contribution in [3.63, 3.8) is 0 Å². The standard InChI is InChI=1S/C16H16ClNO2/c17-14-6-2-1-5-12(14)9-18-10-13-11-19-15-7-3-4-8-16(15)20-13/h1-8,13,18H,9-11H2. The number of nitrogens with one attached hydrogen (secondary N) is 1. The Morgan fingerprint density at radius 3 is 2.65 bits per heavy atom. The lowest BCUT2D eigenvalue weighted by molar-refractivity contribution is 0.0902. The number of ether oxygens (including phenoxy) is 2. The Morgan fingerprint density at radius 2 is 1.80 bits per heavy atom. The number of halogens is 1. The zero-order valence-electron chi connectivity index (χ0n) is 11.0. The van der Waals surface area contributed by atoms with Crippen LogP contribution in [0, 0.1) is 0 Å². The second-order valence-electron chi connectivity index (χ2n) is 4.72. The highest BCUT2D eigenvalue weighted by Gasteiger charge is 2.19. The number of hydrogen-bond acceptors (Lipinski definition) is 3. The van der Waals surface area contributed by atoms with Crippen LogP contribution >= 0.6 is 11.6 Å². The van der Waals surface area contributed by atoms with Crippen LogP contribution in [0.3, 0.4) is 0 Å². The molecule has 1 heterocycles. The zero-order valence-corrected chi connectivity index (χ0v) is 11.8. The largest absolute Gasteiger partial charge is 0.486 e. The molecule has 0 aromatic heterocycles. The molecule has 0 fully saturated rings. The van der Waals surface area contributed by atoms with Gasteiger partial charge in [-0.05, 0) is 23.8 Å². The third-order valence-corrected chi connectivity index (χ3v) is 3.58. The van der Waals surface area contributed by atoms with E-state index in [1.165, 1.54) is 0 Å². The first-order chi connectivity index (χ1) is 9.83. The van der Waals surface area contributed by atoms with Crippen molar-refractivity contribution in [2.75, 3.05) is 13.2 Å². The fourth-order valence-electron chi connectivity index (χ4n) is 2.17. The lowest BCUT2D eigenvalue weighted by Crippen LogP contribution is -2.38. The molecule has 2 aromatic rings. The molecule has 0 spiro atoms. The molecule has 4 heteroatoms. The monoisotopic (exact) mass is 289 g/mol. The van der Waals surface area contributed by atoms with E-state index >= 15 is 0 Å². The quantitative estimate of drug-likeness (QED) is 0.937. The minimum absolute atomic E-state index is 0.0207. The van der Waals surface area contributed by atoms with Crippen molar-refractivity contribution in [1.82, 2.24) is 5.32 Å². The van der Waals surface area contributed by atoms with Crippen molar-refractivity contribution >= 4 is 11.6 Å². The fourth-order valence-corrected chi connectivity index (χ4v) is 2.38. The Morgan fingerprint density at radius 1 is 1.05 bits per heavy atom. The summed E-state index contributed by atoms with van der Waals surface area (Å²) in [5.74, 6) is 1.62. The molecular formula is C16H16ClNO2. The number of rotatable bonds is 4. The van der Waals surface area contributed by atoms with Crippen LogP contribution in [-0.4, -0.2) is 19.3 Å². The smallest absolute Gasteiger partial charge is 0.161 e. The molecule has 0 aliphatic carbocycles. The molecule has 0 amide bonds. The van der Waals surface area contributed by atoms with Gasteiger partial charge < -0.3 is 14.8 Å². The molecule has 0 saturated heterocycles. The van der Waals surface area contributed by atoms with Gasteiger partial charge in [0.15, 0.2) is 11.5 Å². The Labute approximate surface area is 123 Å². The second kappa shape index (κ2) is 6.16. The molecule has 0 bridgehead atoms. The van der Waals surface area contributed by atoms with Gasteiger partial charge in [0.1, 0.15) is 12.7 Å². The molecule has 1 atom stereocenters. The summed E-state index contributed by atoms with van der Waals surface area (Å²) in [4.78, 5) is 0. The van der Waals surface area contributed by atoms with Crippen LogP contribution in [0.2, 0.25) is 5.02 Å². The minimum Gasteiger partial charge on any atom is -0.486 e. The summed E-state index contributed by atoms with van der Waals surface area (Å²) >= 11 is 6.12. The first kappa shape index (κ1) is 13.3. The van der Waals surface area contributed by atoms with Crippen LogP contribution < -0.4 is 14.8 Å². The van der Waals surface area contributed by atoms with Gasteiger partial charge in [-0.3, -0.25) is 0 Å². The summed E-state index contributed by atoms with van der Waals surface area (Å²) < 4.78 is 11.6. The van der Waals surface area contributed by atoms with Crippen LogP contribution in [0.4, 0.5) is 0 Å². The molecule has 3 nitrogen and oxygen atoms in total. The summed E-state index contributed by atoms with van der Waals surface area (Å²) in [7, 11) is 0. The molecule has 1 N–H and O–H groups in total. The normalized spacial score (nSPS) is 16.9. The van der Waals surface area contributed by atoms with Crippen molar-refractivity contribution in [3.8, 4) is 11.5 Å². The molecule has 2 aromatic carbocycles. The Hall–Kier alpha value is -1.71. The molecule has 0 saturated carbocycles. The lowest BCUT2D eigenvalue weighted by Gasteiger charge is -2.26. The predicted molar refractivity (Wildman–Crippen MR) is 79.5 cm³/mol. The van der Waals surface area contributed by atoms with E-state index in [9.17, 15) is 0 Å². The summed E-state index contributed by atoms with van der Waals surface area (Å²) in [6.07, 6.45) is 0.0207. The number of fused-ring (bicyclic) bond motifs is 1. The minimum atomic E-state index is 0.0207. The van der Waals surface area contributed by atoms with E-state index in [0.29, 0.717) is 6.61 Å². The average Bonchev–Trinajstić information content (AvgIpc) is 2.49. The van der Waals surface area contributed by atoms with Gasteiger partial charge in [0.05, 0.1) is 0 Å². The maximum atomic E-state index is 6.12. The SMILES string of the molecule is Clc1ccccc1CNCC1COc2ccccc2O1. The summed E-state index contributed by atoms with van der Waals surface area (Å²) in [6.45, 7) is 2.01. The van der Waals surface area contributed by atoms with E-state index in [4.69, 9.17) is 21.1 Å². The van der Waals surface area contributed by atoms with Crippen LogP contribution in [0.1, 0.15) is 5.56 Å². The zero-order chi connectivity index (χ0) is 13.8. The van der Waals surface area contributed by atoms with Gasteiger partial charge in [0.25, 0.3) is 0 Å². The van der Waals surface area contributed by atoms with Gasteiger partial charge in [-0.1, -0.05) is 41.9 Å². The van der Waals surface area contributed by atoms with Crippen molar-refractivity contribution in [3.05, 3.63) is 59.1 Å². The third kappa shape index (κ3) is 3.06. The van der Waals surface area contributed by atoms with Gasteiger partial charge in [-0.2, -0.15) is 0 Å². The van der Waals surface area contributed by atoms with E-state index in [0.717, 1.165) is 35.2 Å². The highest BCUT2D eigenvalue weighted by atomic mass is 35.5. The van der Waals surface area contributed by atoms with Gasteiger partial charge in [0, 0.05) is 18.1 Å². The number of benzene rings is 2. The summed E-state index contributed by atoms with van der Waals surface area (Å²) in [5, 5.41) is 4.14. The van der Waals surface area contributed by atoms with Crippen LogP contribution in [0.15, 0.2) is 48.5 Å². The average molecular weight is 290 g/mol. The van der Waals surface area contributed by atoms with E-state index in [1.807, 2.05) is 48.5 Å². The maximum Gasteiger partial charge on any atom is 0.161 e. The maximum absolute atomic E-state index is 6.12. The molecular weight excluding hydrogens is 274 g/mol. The van der Waals surface area contributed by atoms with Gasteiger partial charge in [-0.15, -0.1) is 0 Å². The summed E-state index contributed by atoms with van der Waals surface area (Å²) in [6, 6.07) is 15.6. The van der Waals surface area contributed by atoms with E-state index in [1.54, 1.807) is 0 Å². The Balaban J connectivity index is 1.52. The van der Waals surface area contributed by atoms with Crippen molar-refractivity contribution in [2.45, 2.75) is 12.6 Å². The number of para-hydroxylation sites is 2. The molecule has 1 aliphatic rings. The summed E-state index contributed by atoms with van der Waals surface area (Å²) in [5.41, 5.74) is 1.09. The highest BCUT2D eigenvalue weighted by molar-refractivity contribution is 6.31. The molecule has 3 rings (SSSR count). The third-order valence-electron chi connectivity index (χ3n) is 3.21. The molecule has 1 unspecified atom stereocenters. The van der Waals surface area contributed by atoms with E-state index in [-0.39, 0.29) is 6.10 Å². The lowest BCUT2D eigenvalue weighted by atomic mass is 10.2. The van der Waals surface area contributed by atoms with Crippen LogP contribution in [0.25, 0.3) is 0 Å². The topological polar surface area (TPSA) is 30.5 Å². The Bertz CT molecular complexity index is 588. The van der Waals surface area contributed by atoms with Gasteiger partial charge in [-0.25, -0.2) is 0 Å².